The summed E-state index contributed by atoms with van der Waals surface area (Å²) in [4.78, 5) is 0. The Bertz CT molecular complexity index is 702. The maximum absolute atomic E-state index is 9.68. The molecule has 19 heavy (non-hydrogen) atoms. The molecule has 0 unspecified atom stereocenters. The fourth-order valence-electron chi connectivity index (χ4n) is 2.51. The van der Waals surface area contributed by atoms with Crippen molar-refractivity contribution >= 4 is 45.0 Å². The van der Waals surface area contributed by atoms with Gasteiger partial charge in [-0.15, -0.1) is 0 Å². The summed E-state index contributed by atoms with van der Waals surface area (Å²) in [6, 6.07) is 11.6. The van der Waals surface area contributed by atoms with Gasteiger partial charge in [0.25, 0.3) is 0 Å². The summed E-state index contributed by atoms with van der Waals surface area (Å²) in [5.74, 6) is 0. The zero-order chi connectivity index (χ0) is 13.6. The van der Waals surface area contributed by atoms with Gasteiger partial charge in [0, 0.05) is 38.4 Å². The minimum Gasteiger partial charge on any atom is -0.392 e. The Kier molecular flexibility index (Phi) is 3.17. The highest BCUT2D eigenvalue weighted by atomic mass is 35.5. The van der Waals surface area contributed by atoms with E-state index in [0.717, 1.165) is 21.8 Å². The molecule has 0 spiro atoms. The second kappa shape index (κ2) is 4.71. The molecule has 2 nitrogen and oxygen atoms in total. The van der Waals surface area contributed by atoms with Crippen LogP contribution in [-0.2, 0) is 6.54 Å². The molecule has 1 heterocycles. The molecular formula is C15H13Cl2NO. The summed E-state index contributed by atoms with van der Waals surface area (Å²) >= 11 is 12.2. The lowest BCUT2D eigenvalue weighted by Crippen LogP contribution is -2.11. The summed E-state index contributed by atoms with van der Waals surface area (Å²) < 4.78 is 2.10. The van der Waals surface area contributed by atoms with Crippen LogP contribution in [0.2, 0.25) is 10.0 Å². The second-order valence-electron chi connectivity index (χ2n) is 4.78. The molecule has 0 radical (unpaired) electrons. The van der Waals surface area contributed by atoms with Gasteiger partial charge in [0.05, 0.1) is 6.10 Å². The maximum Gasteiger partial charge on any atom is 0.0691 e. The summed E-state index contributed by atoms with van der Waals surface area (Å²) in [6.45, 7) is 2.33. The molecule has 0 fully saturated rings. The zero-order valence-corrected chi connectivity index (χ0v) is 11.9. The number of nitrogens with zero attached hydrogens (tertiary/aromatic N) is 1. The van der Waals surface area contributed by atoms with Crippen molar-refractivity contribution in [2.45, 2.75) is 19.6 Å². The Labute approximate surface area is 121 Å². The molecule has 4 heteroatoms. The van der Waals surface area contributed by atoms with Gasteiger partial charge >= 0.3 is 0 Å². The van der Waals surface area contributed by atoms with Gasteiger partial charge < -0.3 is 9.67 Å². The quantitative estimate of drug-likeness (QED) is 0.740. The topological polar surface area (TPSA) is 25.2 Å². The lowest BCUT2D eigenvalue weighted by Gasteiger charge is -2.09. The van der Waals surface area contributed by atoms with E-state index in [2.05, 4.69) is 4.57 Å². The fourth-order valence-corrected chi connectivity index (χ4v) is 2.85. The lowest BCUT2D eigenvalue weighted by atomic mass is 10.1. The lowest BCUT2D eigenvalue weighted by molar-refractivity contribution is 0.176. The first-order valence-corrected chi connectivity index (χ1v) is 6.87. The highest BCUT2D eigenvalue weighted by Gasteiger charge is 2.12. The van der Waals surface area contributed by atoms with Gasteiger partial charge in [0.2, 0.25) is 0 Å². The van der Waals surface area contributed by atoms with Gasteiger partial charge in [0.15, 0.2) is 0 Å². The maximum atomic E-state index is 9.68. The summed E-state index contributed by atoms with van der Waals surface area (Å²) in [5.41, 5.74) is 2.12. The van der Waals surface area contributed by atoms with E-state index in [1.165, 1.54) is 0 Å². The van der Waals surface area contributed by atoms with E-state index in [0.29, 0.717) is 16.6 Å². The number of rotatable bonds is 2. The van der Waals surface area contributed by atoms with Crippen LogP contribution in [-0.4, -0.2) is 15.8 Å². The highest BCUT2D eigenvalue weighted by molar-refractivity contribution is 6.33. The molecule has 0 amide bonds. The van der Waals surface area contributed by atoms with E-state index < -0.39 is 6.10 Å². The first-order chi connectivity index (χ1) is 9.06. The third kappa shape index (κ3) is 2.20. The molecular weight excluding hydrogens is 281 g/mol. The normalized spacial score (nSPS) is 13.3. The molecule has 0 saturated heterocycles. The van der Waals surface area contributed by atoms with Crippen molar-refractivity contribution in [1.29, 1.82) is 0 Å². The van der Waals surface area contributed by atoms with Crippen LogP contribution in [0.4, 0.5) is 0 Å². The number of aromatic nitrogens is 1. The molecule has 0 saturated carbocycles. The second-order valence-corrected chi connectivity index (χ2v) is 5.66. The molecule has 0 aliphatic heterocycles. The molecule has 98 valence electrons. The van der Waals surface area contributed by atoms with E-state index in [1.807, 2.05) is 36.4 Å². The summed E-state index contributed by atoms with van der Waals surface area (Å²) in [6.07, 6.45) is -0.412. The number of halogens is 2. The van der Waals surface area contributed by atoms with Crippen LogP contribution in [0.25, 0.3) is 21.8 Å². The Hall–Kier alpha value is -1.22. The van der Waals surface area contributed by atoms with Crippen LogP contribution in [0.3, 0.4) is 0 Å². The van der Waals surface area contributed by atoms with E-state index in [1.54, 1.807) is 6.92 Å². The number of aliphatic hydroxyl groups is 1. The van der Waals surface area contributed by atoms with Gasteiger partial charge in [-0.25, -0.2) is 0 Å². The van der Waals surface area contributed by atoms with Gasteiger partial charge in [-0.3, -0.25) is 0 Å². The Balaban J connectivity index is 2.43. The molecule has 0 aliphatic rings. The zero-order valence-electron chi connectivity index (χ0n) is 10.4. The predicted molar refractivity (Wildman–Crippen MR) is 81.1 cm³/mol. The van der Waals surface area contributed by atoms with Crippen molar-refractivity contribution in [2.75, 3.05) is 0 Å². The third-order valence-corrected chi connectivity index (χ3v) is 3.71. The molecule has 1 aromatic heterocycles. The predicted octanol–water partition coefficient (Wildman–Crippen LogP) is 4.48. The first-order valence-electron chi connectivity index (χ1n) is 6.11. The van der Waals surface area contributed by atoms with E-state index in [-0.39, 0.29) is 0 Å². The Morgan fingerprint density at radius 1 is 1.00 bits per heavy atom. The largest absolute Gasteiger partial charge is 0.392 e. The number of hydrogen-bond donors (Lipinski definition) is 1. The van der Waals surface area contributed by atoms with Crippen molar-refractivity contribution in [2.24, 2.45) is 0 Å². The van der Waals surface area contributed by atoms with E-state index in [9.17, 15) is 5.11 Å². The third-order valence-electron chi connectivity index (χ3n) is 3.24. The van der Waals surface area contributed by atoms with Crippen molar-refractivity contribution in [1.82, 2.24) is 4.57 Å². The van der Waals surface area contributed by atoms with Crippen LogP contribution in [0, 0.1) is 0 Å². The monoisotopic (exact) mass is 293 g/mol. The number of aliphatic hydroxyl groups excluding tert-OH is 1. The van der Waals surface area contributed by atoms with Crippen molar-refractivity contribution in [3.05, 3.63) is 46.4 Å². The van der Waals surface area contributed by atoms with Gasteiger partial charge in [0.1, 0.15) is 0 Å². The van der Waals surface area contributed by atoms with Crippen LogP contribution in [0.5, 0.6) is 0 Å². The Morgan fingerprint density at radius 2 is 1.47 bits per heavy atom. The molecule has 3 rings (SSSR count). The van der Waals surface area contributed by atoms with E-state index in [4.69, 9.17) is 23.2 Å². The standard InChI is InChI=1S/C15H13Cl2NO/c1-9(19)8-18-14-4-2-10(16)6-12(14)13-7-11(17)3-5-15(13)18/h2-7,9,19H,8H2,1H3/t9-/m1/s1. The number of fused-ring (bicyclic) bond motifs is 3. The van der Waals surface area contributed by atoms with Crippen LogP contribution < -0.4 is 0 Å². The minimum atomic E-state index is -0.412. The molecule has 0 aliphatic carbocycles. The van der Waals surface area contributed by atoms with Crippen LogP contribution in [0.15, 0.2) is 36.4 Å². The van der Waals surface area contributed by atoms with Crippen LogP contribution in [0.1, 0.15) is 6.92 Å². The number of benzene rings is 2. The summed E-state index contributed by atoms with van der Waals surface area (Å²) in [5, 5.41) is 13.2. The van der Waals surface area contributed by atoms with Crippen molar-refractivity contribution in [3.8, 4) is 0 Å². The number of hydrogen-bond acceptors (Lipinski definition) is 1. The minimum absolute atomic E-state index is 0.412. The van der Waals surface area contributed by atoms with Gasteiger partial charge in [-0.1, -0.05) is 23.2 Å². The smallest absolute Gasteiger partial charge is 0.0691 e. The highest BCUT2D eigenvalue weighted by Crippen LogP contribution is 2.32. The first kappa shape index (κ1) is 12.8. The van der Waals surface area contributed by atoms with Crippen molar-refractivity contribution in [3.63, 3.8) is 0 Å². The molecule has 2 aromatic carbocycles. The molecule has 1 atom stereocenters. The Morgan fingerprint density at radius 3 is 1.89 bits per heavy atom. The summed E-state index contributed by atoms with van der Waals surface area (Å²) in [7, 11) is 0. The van der Waals surface area contributed by atoms with Gasteiger partial charge in [-0.05, 0) is 43.3 Å². The molecule has 1 N–H and O–H groups in total. The molecule has 3 aromatic rings. The average molecular weight is 294 g/mol. The average Bonchev–Trinajstić information content (AvgIpc) is 2.62. The SMILES string of the molecule is C[C@@H](O)Cn1c2ccc(Cl)cc2c2cc(Cl)ccc21. The molecule has 0 bridgehead atoms. The van der Waals surface area contributed by atoms with Crippen molar-refractivity contribution < 1.29 is 5.11 Å². The van der Waals surface area contributed by atoms with E-state index >= 15 is 0 Å². The fraction of sp³-hybridized carbons (Fsp3) is 0.200. The van der Waals surface area contributed by atoms with Crippen LogP contribution >= 0.6 is 23.2 Å². The van der Waals surface area contributed by atoms with Gasteiger partial charge in [-0.2, -0.15) is 0 Å².